The van der Waals surface area contributed by atoms with E-state index in [9.17, 15) is 9.59 Å². The fraction of sp³-hybridized carbons (Fsp3) is 0.222. The van der Waals surface area contributed by atoms with Gasteiger partial charge in [-0.2, -0.15) is 10.2 Å². The molecule has 2 aromatic heterocycles. The lowest BCUT2D eigenvalue weighted by Gasteiger charge is -2.09. The van der Waals surface area contributed by atoms with Crippen LogP contribution in [0.2, 0.25) is 0 Å². The molecule has 26 heavy (non-hydrogen) atoms. The van der Waals surface area contributed by atoms with Crippen LogP contribution in [0.5, 0.6) is 0 Å². The van der Waals surface area contributed by atoms with Crippen LogP contribution in [-0.2, 0) is 17.9 Å². The molecule has 0 saturated carbocycles. The Hall–Kier alpha value is -3.42. The molecule has 2 heterocycles. The summed E-state index contributed by atoms with van der Waals surface area (Å²) in [5, 5.41) is 20.0. The smallest absolute Gasteiger partial charge is 0.325 e. The Morgan fingerprint density at radius 3 is 2.65 bits per heavy atom. The van der Waals surface area contributed by atoms with E-state index in [2.05, 4.69) is 15.5 Å². The summed E-state index contributed by atoms with van der Waals surface area (Å²) in [6.07, 6.45) is 1.40. The van der Waals surface area contributed by atoms with Crippen molar-refractivity contribution in [3.8, 4) is 0 Å². The summed E-state index contributed by atoms with van der Waals surface area (Å²) >= 11 is 0. The summed E-state index contributed by atoms with van der Waals surface area (Å²) in [7, 11) is 0. The largest absolute Gasteiger partial charge is 0.480 e. The number of anilines is 1. The number of aromatic nitrogens is 4. The van der Waals surface area contributed by atoms with Crippen molar-refractivity contribution in [1.29, 1.82) is 0 Å². The number of carboxylic acids is 1. The second-order valence-corrected chi connectivity index (χ2v) is 6.01. The van der Waals surface area contributed by atoms with Crippen molar-refractivity contribution in [2.24, 2.45) is 0 Å². The molecule has 2 N–H and O–H groups in total. The summed E-state index contributed by atoms with van der Waals surface area (Å²) in [4.78, 5) is 23.3. The Balaban J connectivity index is 1.74. The predicted octanol–water partition coefficient (Wildman–Crippen LogP) is 2.08. The molecule has 8 nitrogen and oxygen atoms in total. The number of hydrogen-bond acceptors (Lipinski definition) is 4. The zero-order valence-corrected chi connectivity index (χ0v) is 14.5. The van der Waals surface area contributed by atoms with E-state index < -0.39 is 11.9 Å². The number of amides is 1. The molecule has 3 rings (SSSR count). The van der Waals surface area contributed by atoms with Crippen molar-refractivity contribution in [3.63, 3.8) is 0 Å². The Morgan fingerprint density at radius 2 is 1.96 bits per heavy atom. The molecule has 1 aromatic carbocycles. The first-order valence-corrected chi connectivity index (χ1v) is 8.07. The minimum Gasteiger partial charge on any atom is -0.480 e. The zero-order chi connectivity index (χ0) is 18.7. The van der Waals surface area contributed by atoms with Gasteiger partial charge in [0.2, 0.25) is 0 Å². The lowest BCUT2D eigenvalue weighted by Crippen LogP contribution is -2.20. The van der Waals surface area contributed by atoms with Gasteiger partial charge < -0.3 is 10.4 Å². The molecular weight excluding hydrogens is 334 g/mol. The molecule has 1 amide bonds. The van der Waals surface area contributed by atoms with Crippen LogP contribution in [0.25, 0.3) is 0 Å². The number of carboxylic acid groups (broad SMARTS) is 1. The van der Waals surface area contributed by atoms with E-state index in [-0.39, 0.29) is 12.2 Å². The molecular formula is C18H19N5O3. The van der Waals surface area contributed by atoms with Crippen LogP contribution in [-0.4, -0.2) is 36.5 Å². The van der Waals surface area contributed by atoms with Crippen LogP contribution in [0.1, 0.15) is 27.4 Å². The van der Waals surface area contributed by atoms with E-state index >= 15 is 0 Å². The van der Waals surface area contributed by atoms with Gasteiger partial charge in [0, 0.05) is 17.6 Å². The van der Waals surface area contributed by atoms with Gasteiger partial charge in [-0.25, -0.2) is 4.68 Å². The highest BCUT2D eigenvalue weighted by molar-refractivity contribution is 6.03. The van der Waals surface area contributed by atoms with Gasteiger partial charge in [0.15, 0.2) is 0 Å². The first kappa shape index (κ1) is 17.4. The lowest BCUT2D eigenvalue weighted by atomic mass is 10.2. The number of rotatable bonds is 6. The van der Waals surface area contributed by atoms with Gasteiger partial charge in [-0.05, 0) is 43.7 Å². The Morgan fingerprint density at radius 1 is 1.15 bits per heavy atom. The molecule has 8 heteroatoms. The van der Waals surface area contributed by atoms with Crippen molar-refractivity contribution >= 4 is 17.6 Å². The average molecular weight is 353 g/mol. The van der Waals surface area contributed by atoms with Crippen LogP contribution in [0.15, 0.2) is 42.6 Å². The highest BCUT2D eigenvalue weighted by atomic mass is 16.4. The van der Waals surface area contributed by atoms with Crippen LogP contribution < -0.4 is 5.32 Å². The average Bonchev–Trinajstić information content (AvgIpc) is 3.13. The van der Waals surface area contributed by atoms with E-state index in [0.717, 1.165) is 21.6 Å². The van der Waals surface area contributed by atoms with Gasteiger partial charge in [-0.15, -0.1) is 0 Å². The molecule has 0 aliphatic rings. The molecule has 0 aliphatic heterocycles. The van der Waals surface area contributed by atoms with E-state index in [1.807, 2.05) is 42.8 Å². The zero-order valence-electron chi connectivity index (χ0n) is 14.5. The van der Waals surface area contributed by atoms with Crippen LogP contribution in [0, 0.1) is 13.8 Å². The monoisotopic (exact) mass is 353 g/mol. The van der Waals surface area contributed by atoms with Crippen LogP contribution in [0.3, 0.4) is 0 Å². The quantitative estimate of drug-likeness (QED) is 0.706. The number of carbonyl (C=O) groups is 2. The molecule has 0 bridgehead atoms. The third-order valence-electron chi connectivity index (χ3n) is 3.85. The first-order chi connectivity index (χ1) is 12.4. The van der Waals surface area contributed by atoms with Gasteiger partial charge in [-0.1, -0.05) is 12.1 Å². The summed E-state index contributed by atoms with van der Waals surface area (Å²) in [5.74, 6) is -1.47. The number of nitrogens with one attached hydrogen (secondary N) is 1. The van der Waals surface area contributed by atoms with E-state index in [0.29, 0.717) is 12.2 Å². The van der Waals surface area contributed by atoms with Crippen molar-refractivity contribution in [1.82, 2.24) is 19.6 Å². The Kier molecular flexibility index (Phi) is 4.83. The van der Waals surface area contributed by atoms with E-state index in [1.54, 1.807) is 6.07 Å². The minimum atomic E-state index is -1.06. The SMILES string of the molecule is Cc1cc(C)n(Cc2cccc(NC(=O)c3ccnn3CC(=O)O)c2)n1. The second-order valence-electron chi connectivity index (χ2n) is 6.01. The molecule has 0 aliphatic carbocycles. The number of nitrogens with zero attached hydrogens (tertiary/aromatic N) is 4. The standard InChI is InChI=1S/C18H19N5O3/c1-12-8-13(2)22(21-12)10-14-4-3-5-15(9-14)20-18(26)16-6-7-19-23(16)11-17(24)25/h3-9H,10-11H2,1-2H3,(H,20,26)(H,24,25). The van der Waals surface area contributed by atoms with Gasteiger partial charge >= 0.3 is 5.97 Å². The van der Waals surface area contributed by atoms with Gasteiger partial charge in [0.05, 0.1) is 12.2 Å². The van der Waals surface area contributed by atoms with Gasteiger partial charge in [0.1, 0.15) is 12.2 Å². The molecule has 0 unspecified atom stereocenters. The minimum absolute atomic E-state index is 0.191. The van der Waals surface area contributed by atoms with E-state index in [1.165, 1.54) is 12.3 Å². The highest BCUT2D eigenvalue weighted by Crippen LogP contribution is 2.14. The summed E-state index contributed by atoms with van der Waals surface area (Å²) < 4.78 is 3.05. The maximum atomic E-state index is 12.4. The number of benzene rings is 1. The third kappa shape index (κ3) is 3.97. The van der Waals surface area contributed by atoms with Crippen molar-refractivity contribution in [2.45, 2.75) is 26.9 Å². The molecule has 0 atom stereocenters. The summed E-state index contributed by atoms with van der Waals surface area (Å²) in [5.41, 5.74) is 3.83. The topological polar surface area (TPSA) is 102 Å². The molecule has 134 valence electrons. The third-order valence-corrected chi connectivity index (χ3v) is 3.85. The number of aliphatic carboxylic acids is 1. The van der Waals surface area contributed by atoms with Crippen LogP contribution >= 0.6 is 0 Å². The van der Waals surface area contributed by atoms with Crippen molar-refractivity contribution < 1.29 is 14.7 Å². The number of hydrogen-bond donors (Lipinski definition) is 2. The normalized spacial score (nSPS) is 10.7. The van der Waals surface area contributed by atoms with E-state index in [4.69, 9.17) is 5.11 Å². The molecule has 0 spiro atoms. The Bertz CT molecular complexity index is 957. The van der Waals surface area contributed by atoms with Crippen molar-refractivity contribution in [2.75, 3.05) is 5.32 Å². The molecule has 0 saturated heterocycles. The summed E-state index contributed by atoms with van der Waals surface area (Å²) in [6, 6.07) is 11.0. The van der Waals surface area contributed by atoms with Gasteiger partial charge in [0.25, 0.3) is 5.91 Å². The van der Waals surface area contributed by atoms with Crippen molar-refractivity contribution in [3.05, 3.63) is 65.2 Å². The maximum absolute atomic E-state index is 12.4. The highest BCUT2D eigenvalue weighted by Gasteiger charge is 2.14. The molecule has 0 radical (unpaired) electrons. The van der Waals surface area contributed by atoms with Gasteiger partial charge in [-0.3, -0.25) is 14.3 Å². The lowest BCUT2D eigenvalue weighted by molar-refractivity contribution is -0.137. The first-order valence-electron chi connectivity index (χ1n) is 8.07. The maximum Gasteiger partial charge on any atom is 0.325 e. The summed E-state index contributed by atoms with van der Waals surface area (Å²) in [6.45, 7) is 4.17. The predicted molar refractivity (Wildman–Crippen MR) is 95.1 cm³/mol. The molecule has 3 aromatic rings. The molecule has 0 fully saturated rings. The van der Waals surface area contributed by atoms with Crippen LogP contribution in [0.4, 0.5) is 5.69 Å². The second kappa shape index (κ2) is 7.22. The fourth-order valence-corrected chi connectivity index (χ4v) is 2.73. The number of carbonyl (C=O) groups excluding carboxylic acids is 1. The Labute approximate surface area is 150 Å². The fourth-order valence-electron chi connectivity index (χ4n) is 2.73. The number of aryl methyl sites for hydroxylation is 2.